The third kappa shape index (κ3) is 2.11. The molecule has 4 heteroatoms. The summed E-state index contributed by atoms with van der Waals surface area (Å²) in [4.78, 5) is 10.7. The van der Waals surface area contributed by atoms with Gasteiger partial charge in [0.15, 0.2) is 0 Å². The van der Waals surface area contributed by atoms with E-state index in [-0.39, 0.29) is 11.7 Å². The summed E-state index contributed by atoms with van der Waals surface area (Å²) in [5, 5.41) is 11.9. The van der Waals surface area contributed by atoms with E-state index in [9.17, 15) is 9.90 Å². The summed E-state index contributed by atoms with van der Waals surface area (Å²) in [5.41, 5.74) is 7.27. The fourth-order valence-electron chi connectivity index (χ4n) is 0.999. The van der Waals surface area contributed by atoms with Gasteiger partial charge in [0.1, 0.15) is 5.75 Å². The zero-order valence-electron chi connectivity index (χ0n) is 7.59. The molecule has 0 fully saturated rings. The molecule has 0 aliphatic rings. The number of hydrogen-bond acceptors (Lipinski definition) is 3. The number of nitrogens with two attached hydrogens (primary N) is 1. The van der Waals surface area contributed by atoms with E-state index >= 15 is 0 Å². The summed E-state index contributed by atoms with van der Waals surface area (Å²) in [5.74, 6) is -0.208. The van der Waals surface area contributed by atoms with E-state index in [1.54, 1.807) is 6.92 Å². The van der Waals surface area contributed by atoms with Crippen LogP contribution in [0, 0.1) is 6.92 Å². The zero-order chi connectivity index (χ0) is 10.0. The highest BCUT2D eigenvalue weighted by atomic mass is 16.3. The second-order valence-electron chi connectivity index (χ2n) is 2.91. The third-order valence-electron chi connectivity index (χ3n) is 1.70. The summed E-state index contributed by atoms with van der Waals surface area (Å²) in [6.45, 7) is 3.15. The molecular weight excluding hydrogens is 168 g/mol. The van der Waals surface area contributed by atoms with Crippen molar-refractivity contribution in [3.63, 3.8) is 0 Å². The smallest absolute Gasteiger partial charge is 0.221 e. The van der Waals surface area contributed by atoms with Crippen molar-refractivity contribution in [2.75, 3.05) is 11.1 Å². The quantitative estimate of drug-likeness (QED) is 0.346. The first-order valence-electron chi connectivity index (χ1n) is 3.87. The number of aryl methyl sites for hydroxylation is 1. The van der Waals surface area contributed by atoms with Crippen LogP contribution < -0.4 is 11.1 Å². The third-order valence-corrected chi connectivity index (χ3v) is 1.70. The predicted molar refractivity (Wildman–Crippen MR) is 51.6 cm³/mol. The van der Waals surface area contributed by atoms with Gasteiger partial charge in [-0.1, -0.05) is 0 Å². The van der Waals surface area contributed by atoms with Crippen LogP contribution >= 0.6 is 0 Å². The van der Waals surface area contributed by atoms with Crippen molar-refractivity contribution in [2.45, 2.75) is 13.8 Å². The number of rotatable bonds is 1. The van der Waals surface area contributed by atoms with Gasteiger partial charge in [-0.05, 0) is 24.6 Å². The number of amides is 1. The minimum atomic E-state index is -0.237. The summed E-state index contributed by atoms with van der Waals surface area (Å²) >= 11 is 0. The van der Waals surface area contributed by atoms with Crippen LogP contribution in [0.5, 0.6) is 5.75 Å². The van der Waals surface area contributed by atoms with Gasteiger partial charge in [-0.25, -0.2) is 0 Å². The molecule has 0 spiro atoms. The number of phenolic OH excluding ortho intramolecular Hbond substituents is 1. The van der Waals surface area contributed by atoms with Crippen LogP contribution in [0.3, 0.4) is 0 Å². The van der Waals surface area contributed by atoms with Crippen molar-refractivity contribution in [3.05, 3.63) is 17.7 Å². The van der Waals surface area contributed by atoms with Gasteiger partial charge in [0.2, 0.25) is 5.91 Å². The van der Waals surface area contributed by atoms with Crippen LogP contribution in [0.15, 0.2) is 12.1 Å². The van der Waals surface area contributed by atoms with Crippen LogP contribution in [0.1, 0.15) is 12.5 Å². The van der Waals surface area contributed by atoms with E-state index in [0.29, 0.717) is 11.4 Å². The molecule has 0 bridgehead atoms. The zero-order valence-corrected chi connectivity index (χ0v) is 7.59. The number of nitrogen functional groups attached to an aromatic ring is 1. The predicted octanol–water partition coefficient (Wildman–Crippen LogP) is 1.24. The molecule has 0 heterocycles. The van der Waals surface area contributed by atoms with Crippen LogP contribution in [0.4, 0.5) is 11.4 Å². The first-order valence-corrected chi connectivity index (χ1v) is 3.87. The number of nitrogens with one attached hydrogen (secondary N) is 1. The minimum Gasteiger partial charge on any atom is -0.506 e. The molecule has 1 aromatic rings. The first-order chi connectivity index (χ1) is 6.00. The fraction of sp³-hybridized carbons (Fsp3) is 0.222. The Balaban J connectivity index is 3.08. The number of carbonyl (C=O) groups is 1. The molecule has 70 valence electrons. The lowest BCUT2D eigenvalue weighted by Crippen LogP contribution is -2.06. The van der Waals surface area contributed by atoms with E-state index in [2.05, 4.69) is 5.32 Å². The lowest BCUT2D eigenvalue weighted by atomic mass is 10.1. The van der Waals surface area contributed by atoms with Crippen LogP contribution in [0.2, 0.25) is 0 Å². The highest BCUT2D eigenvalue weighted by molar-refractivity contribution is 5.91. The molecule has 0 aromatic heterocycles. The van der Waals surface area contributed by atoms with Gasteiger partial charge in [0, 0.05) is 12.6 Å². The van der Waals surface area contributed by atoms with E-state index in [1.807, 2.05) is 0 Å². The van der Waals surface area contributed by atoms with Crippen molar-refractivity contribution in [3.8, 4) is 5.75 Å². The fourth-order valence-corrected chi connectivity index (χ4v) is 0.999. The lowest BCUT2D eigenvalue weighted by Gasteiger charge is -2.07. The van der Waals surface area contributed by atoms with Crippen LogP contribution in [-0.4, -0.2) is 11.0 Å². The van der Waals surface area contributed by atoms with Gasteiger partial charge in [0.05, 0.1) is 5.69 Å². The van der Waals surface area contributed by atoms with E-state index in [4.69, 9.17) is 5.73 Å². The average Bonchev–Trinajstić information content (AvgIpc) is 1.99. The number of aromatic hydroxyl groups is 1. The van der Waals surface area contributed by atoms with E-state index in [0.717, 1.165) is 5.56 Å². The Morgan fingerprint density at radius 3 is 2.69 bits per heavy atom. The summed E-state index contributed by atoms with van der Waals surface area (Å²) in [6.07, 6.45) is 0. The maximum Gasteiger partial charge on any atom is 0.221 e. The largest absolute Gasteiger partial charge is 0.506 e. The van der Waals surface area contributed by atoms with E-state index in [1.165, 1.54) is 19.1 Å². The molecular formula is C9H12N2O2. The molecule has 4 N–H and O–H groups in total. The number of hydrogen-bond donors (Lipinski definition) is 3. The van der Waals surface area contributed by atoms with Crippen molar-refractivity contribution in [2.24, 2.45) is 0 Å². The van der Waals surface area contributed by atoms with Gasteiger partial charge >= 0.3 is 0 Å². The van der Waals surface area contributed by atoms with E-state index < -0.39 is 0 Å². The average molecular weight is 180 g/mol. The Morgan fingerprint density at radius 1 is 1.54 bits per heavy atom. The topological polar surface area (TPSA) is 75.4 Å². The van der Waals surface area contributed by atoms with Crippen molar-refractivity contribution in [1.29, 1.82) is 0 Å². The highest BCUT2D eigenvalue weighted by Gasteiger charge is 2.05. The number of carbonyl (C=O) groups excluding carboxylic acids is 1. The molecule has 0 aliphatic carbocycles. The molecule has 1 amide bonds. The Bertz CT molecular complexity index is 348. The van der Waals surface area contributed by atoms with Crippen LogP contribution in [0.25, 0.3) is 0 Å². The Kier molecular flexibility index (Phi) is 2.41. The van der Waals surface area contributed by atoms with Gasteiger partial charge in [-0.2, -0.15) is 0 Å². The van der Waals surface area contributed by atoms with Crippen molar-refractivity contribution >= 4 is 17.3 Å². The Hall–Kier alpha value is -1.71. The normalized spacial score (nSPS) is 9.69. The molecule has 0 saturated heterocycles. The van der Waals surface area contributed by atoms with Gasteiger partial charge < -0.3 is 16.2 Å². The number of anilines is 2. The number of benzene rings is 1. The molecule has 4 nitrogen and oxygen atoms in total. The van der Waals surface area contributed by atoms with Crippen LogP contribution in [-0.2, 0) is 4.79 Å². The highest BCUT2D eigenvalue weighted by Crippen LogP contribution is 2.28. The molecule has 0 saturated carbocycles. The second kappa shape index (κ2) is 3.35. The summed E-state index contributed by atoms with van der Waals surface area (Å²) in [7, 11) is 0. The Morgan fingerprint density at radius 2 is 2.15 bits per heavy atom. The monoisotopic (exact) mass is 180 g/mol. The van der Waals surface area contributed by atoms with Gasteiger partial charge in [0.25, 0.3) is 0 Å². The second-order valence-corrected chi connectivity index (χ2v) is 2.91. The minimum absolute atomic E-state index is 0.0295. The lowest BCUT2D eigenvalue weighted by molar-refractivity contribution is -0.114. The molecule has 0 atom stereocenters. The number of phenols is 1. The Labute approximate surface area is 76.4 Å². The molecule has 0 radical (unpaired) electrons. The molecule has 0 unspecified atom stereocenters. The van der Waals surface area contributed by atoms with Gasteiger partial charge in [-0.3, -0.25) is 4.79 Å². The van der Waals surface area contributed by atoms with Crippen molar-refractivity contribution < 1.29 is 9.90 Å². The first kappa shape index (κ1) is 9.38. The molecule has 1 rings (SSSR count). The standard InChI is InChI=1S/C9H12N2O2/c1-5-3-9(13)8(4-7(5)10)11-6(2)12/h3-4,13H,10H2,1-2H3,(H,11,12). The summed E-state index contributed by atoms with van der Waals surface area (Å²) < 4.78 is 0. The maximum atomic E-state index is 10.7. The summed E-state index contributed by atoms with van der Waals surface area (Å²) in [6, 6.07) is 3.05. The molecule has 1 aromatic carbocycles. The van der Waals surface area contributed by atoms with Gasteiger partial charge in [-0.15, -0.1) is 0 Å². The van der Waals surface area contributed by atoms with Crippen molar-refractivity contribution in [1.82, 2.24) is 0 Å². The maximum absolute atomic E-state index is 10.7. The molecule has 0 aliphatic heterocycles. The SMILES string of the molecule is CC(=O)Nc1cc(N)c(C)cc1O. The molecule has 13 heavy (non-hydrogen) atoms.